The number of rotatable bonds is 8. The number of halogens is 1. The number of likely N-dealkylation sites (N-methyl/N-ethyl adjacent to an activating group) is 1. The summed E-state index contributed by atoms with van der Waals surface area (Å²) in [6.45, 7) is 2.20. The van der Waals surface area contributed by atoms with E-state index in [2.05, 4.69) is 0 Å². The second kappa shape index (κ2) is 9.19. The monoisotopic (exact) mass is 369 g/mol. The number of benzene rings is 2. The van der Waals surface area contributed by atoms with E-state index in [0.717, 1.165) is 0 Å². The average Bonchev–Trinajstić information content (AvgIpc) is 2.63. The van der Waals surface area contributed by atoms with Crippen LogP contribution in [0.5, 0.6) is 0 Å². The van der Waals surface area contributed by atoms with Crippen molar-refractivity contribution >= 4 is 23.1 Å². The topological polar surface area (TPSA) is 64.5 Å². The Bertz CT molecular complexity index is 804. The van der Waals surface area contributed by atoms with E-state index in [0.29, 0.717) is 24.3 Å². The number of anilines is 1. The molecule has 142 valence electrons. The molecule has 0 heterocycles. The fraction of sp³-hybridized carbons (Fsp3) is 0.286. The quantitative estimate of drug-likeness (QED) is 0.575. The predicted octanol–water partition coefficient (Wildman–Crippen LogP) is 2.99. The van der Waals surface area contributed by atoms with Gasteiger partial charge < -0.3 is 15.2 Å². The molecule has 1 unspecified atom stereocenters. The molecule has 1 amide bonds. The first kappa shape index (κ1) is 20.5. The number of nitrogens with zero attached hydrogens (tertiary/aromatic N) is 2. The molecule has 0 aliphatic carbocycles. The molecule has 0 spiro atoms. The summed E-state index contributed by atoms with van der Waals surface area (Å²) >= 11 is 0. The third-order valence-corrected chi connectivity index (χ3v) is 4.20. The highest BCUT2D eigenvalue weighted by Crippen LogP contribution is 2.20. The second-order valence-electron chi connectivity index (χ2n) is 6.59. The molecule has 0 aliphatic rings. The lowest BCUT2D eigenvalue weighted by Gasteiger charge is -2.28. The van der Waals surface area contributed by atoms with E-state index in [4.69, 9.17) is 5.41 Å². The Balaban J connectivity index is 2.38. The molecular weight excluding hydrogens is 345 g/mol. The van der Waals surface area contributed by atoms with Crippen LogP contribution >= 0.6 is 0 Å². The van der Waals surface area contributed by atoms with Crippen LogP contribution in [0.15, 0.2) is 54.6 Å². The lowest BCUT2D eigenvalue weighted by atomic mass is 9.92. The fourth-order valence-corrected chi connectivity index (χ4v) is 2.73. The predicted molar refractivity (Wildman–Crippen MR) is 105 cm³/mol. The number of nitrogens with one attached hydrogen (secondary N) is 1. The molecule has 0 aromatic heterocycles. The first-order chi connectivity index (χ1) is 12.8. The van der Waals surface area contributed by atoms with Crippen LogP contribution in [0, 0.1) is 17.1 Å². The van der Waals surface area contributed by atoms with Crippen molar-refractivity contribution in [3.8, 4) is 0 Å². The van der Waals surface area contributed by atoms with Gasteiger partial charge in [-0.15, -0.1) is 0 Å². The zero-order valence-corrected chi connectivity index (χ0v) is 15.8. The summed E-state index contributed by atoms with van der Waals surface area (Å²) in [5, 5.41) is 8.42. The van der Waals surface area contributed by atoms with E-state index in [1.807, 2.05) is 25.1 Å². The van der Waals surface area contributed by atoms with Crippen molar-refractivity contribution < 1.29 is 14.0 Å². The Morgan fingerprint density at radius 1 is 1.00 bits per heavy atom. The molecule has 0 saturated heterocycles. The van der Waals surface area contributed by atoms with Crippen molar-refractivity contribution in [3.63, 3.8) is 0 Å². The number of hydrogen-bond donors (Lipinski definition) is 1. The molecule has 2 rings (SSSR count). The molecule has 0 bridgehead atoms. The van der Waals surface area contributed by atoms with E-state index in [1.54, 1.807) is 24.3 Å². The third-order valence-electron chi connectivity index (χ3n) is 4.20. The SMILES string of the molecule is CC(=O)C(C(=N)c1ccccc1)C(=O)N(CCN(C)C)c1ccc(F)cc1. The number of ketones is 1. The molecule has 0 radical (unpaired) electrons. The number of hydrogen-bond acceptors (Lipinski definition) is 4. The summed E-state index contributed by atoms with van der Waals surface area (Å²) in [6, 6.07) is 14.3. The summed E-state index contributed by atoms with van der Waals surface area (Å²) in [5.74, 6) is -2.49. The van der Waals surface area contributed by atoms with Gasteiger partial charge in [-0.1, -0.05) is 30.3 Å². The van der Waals surface area contributed by atoms with E-state index < -0.39 is 23.4 Å². The minimum atomic E-state index is -1.21. The van der Waals surface area contributed by atoms with E-state index in [-0.39, 0.29) is 5.71 Å². The van der Waals surface area contributed by atoms with Crippen molar-refractivity contribution in [3.05, 3.63) is 66.0 Å². The Labute approximate surface area is 158 Å². The van der Waals surface area contributed by atoms with Crippen LogP contribution in [0.25, 0.3) is 0 Å². The van der Waals surface area contributed by atoms with Gasteiger partial charge in [0.05, 0.1) is 5.71 Å². The summed E-state index contributed by atoms with van der Waals surface area (Å²) in [6.07, 6.45) is 0. The maximum absolute atomic E-state index is 13.3. The normalized spacial score (nSPS) is 11.9. The van der Waals surface area contributed by atoms with Gasteiger partial charge in [0.2, 0.25) is 5.91 Å². The van der Waals surface area contributed by atoms with Gasteiger partial charge in [-0.3, -0.25) is 9.59 Å². The number of carbonyl (C=O) groups is 2. The van der Waals surface area contributed by atoms with Gasteiger partial charge in [-0.05, 0) is 50.8 Å². The molecule has 0 fully saturated rings. The van der Waals surface area contributed by atoms with Gasteiger partial charge in [-0.2, -0.15) is 0 Å². The second-order valence-corrected chi connectivity index (χ2v) is 6.59. The van der Waals surface area contributed by atoms with Gasteiger partial charge >= 0.3 is 0 Å². The zero-order valence-electron chi connectivity index (χ0n) is 15.8. The molecule has 6 heteroatoms. The Morgan fingerprint density at radius 3 is 2.11 bits per heavy atom. The highest BCUT2D eigenvalue weighted by molar-refractivity contribution is 6.27. The molecule has 2 aromatic carbocycles. The van der Waals surface area contributed by atoms with Crippen LogP contribution < -0.4 is 4.90 Å². The van der Waals surface area contributed by atoms with Gasteiger partial charge in [0, 0.05) is 18.8 Å². The van der Waals surface area contributed by atoms with E-state index >= 15 is 0 Å². The number of Topliss-reactive ketones (excluding diaryl/α,β-unsaturated/α-hetero) is 1. The van der Waals surface area contributed by atoms with Gasteiger partial charge in [-0.25, -0.2) is 4.39 Å². The van der Waals surface area contributed by atoms with Crippen molar-refractivity contribution in [1.29, 1.82) is 5.41 Å². The number of carbonyl (C=O) groups excluding carboxylic acids is 2. The van der Waals surface area contributed by atoms with Gasteiger partial charge in [0.15, 0.2) is 0 Å². The van der Waals surface area contributed by atoms with Crippen LogP contribution in [0.3, 0.4) is 0 Å². The summed E-state index contributed by atoms with van der Waals surface area (Å²) in [4.78, 5) is 28.9. The smallest absolute Gasteiger partial charge is 0.243 e. The molecule has 1 atom stereocenters. The molecular formula is C21H24FN3O2. The van der Waals surface area contributed by atoms with Gasteiger partial charge in [0.1, 0.15) is 17.5 Å². The van der Waals surface area contributed by atoms with E-state index in [9.17, 15) is 14.0 Å². The first-order valence-electron chi connectivity index (χ1n) is 8.67. The molecule has 0 aliphatic heterocycles. The summed E-state index contributed by atoms with van der Waals surface area (Å²) < 4.78 is 13.3. The summed E-state index contributed by atoms with van der Waals surface area (Å²) in [5.41, 5.74) is 0.984. The van der Waals surface area contributed by atoms with Crippen molar-refractivity contribution in [2.45, 2.75) is 6.92 Å². The van der Waals surface area contributed by atoms with Crippen LogP contribution in [0.4, 0.5) is 10.1 Å². The first-order valence-corrected chi connectivity index (χ1v) is 8.67. The highest BCUT2D eigenvalue weighted by Gasteiger charge is 2.33. The third kappa shape index (κ3) is 5.31. The molecule has 2 aromatic rings. The summed E-state index contributed by atoms with van der Waals surface area (Å²) in [7, 11) is 3.75. The molecule has 1 N–H and O–H groups in total. The number of amides is 1. The lowest BCUT2D eigenvalue weighted by Crippen LogP contribution is -2.45. The van der Waals surface area contributed by atoms with E-state index in [1.165, 1.54) is 36.1 Å². The molecule has 27 heavy (non-hydrogen) atoms. The van der Waals surface area contributed by atoms with Crippen LogP contribution in [-0.2, 0) is 9.59 Å². The molecule has 5 nitrogen and oxygen atoms in total. The lowest BCUT2D eigenvalue weighted by molar-refractivity contribution is -0.128. The Morgan fingerprint density at radius 2 is 1.59 bits per heavy atom. The fourth-order valence-electron chi connectivity index (χ4n) is 2.73. The minimum Gasteiger partial charge on any atom is -0.310 e. The zero-order chi connectivity index (χ0) is 20.0. The maximum atomic E-state index is 13.3. The Kier molecular flexibility index (Phi) is 6.96. The standard InChI is InChI=1S/C21H24FN3O2/c1-15(26)19(20(23)16-7-5-4-6-8-16)21(27)25(14-13-24(2)3)18-11-9-17(22)10-12-18/h4-12,19,23H,13-14H2,1-3H3. The van der Waals surface area contributed by atoms with Crippen LogP contribution in [0.2, 0.25) is 0 Å². The Hall–Kier alpha value is -2.86. The average molecular weight is 369 g/mol. The minimum absolute atomic E-state index is 0.0370. The van der Waals surface area contributed by atoms with Crippen molar-refractivity contribution in [2.24, 2.45) is 5.92 Å². The molecule has 0 saturated carbocycles. The largest absolute Gasteiger partial charge is 0.310 e. The maximum Gasteiger partial charge on any atom is 0.243 e. The van der Waals surface area contributed by atoms with Crippen molar-refractivity contribution in [2.75, 3.05) is 32.1 Å². The van der Waals surface area contributed by atoms with Crippen molar-refractivity contribution in [1.82, 2.24) is 4.90 Å². The van der Waals surface area contributed by atoms with Crippen LogP contribution in [0.1, 0.15) is 12.5 Å². The van der Waals surface area contributed by atoms with Crippen LogP contribution in [-0.4, -0.2) is 49.5 Å². The van der Waals surface area contributed by atoms with Gasteiger partial charge in [0.25, 0.3) is 0 Å². The highest BCUT2D eigenvalue weighted by atomic mass is 19.1.